The van der Waals surface area contributed by atoms with Crippen LogP contribution in [-0.2, 0) is 42.1 Å². The van der Waals surface area contributed by atoms with Gasteiger partial charge in [-0.2, -0.15) is 54.8 Å². The number of aryl methyl sites for hydroxylation is 1. The molecular formula is C34H23N4OPt2-3. The quantitative estimate of drug-likeness (QED) is 0.145. The predicted molar refractivity (Wildman–Crippen MR) is 151 cm³/mol. The number of hydrogen-bond acceptors (Lipinski definition) is 4. The summed E-state index contributed by atoms with van der Waals surface area (Å²) in [5.41, 5.74) is 5.29. The monoisotopic (exact) mass is 893 g/mol. The van der Waals surface area contributed by atoms with Crippen molar-refractivity contribution >= 4 is 5.69 Å². The van der Waals surface area contributed by atoms with Crippen molar-refractivity contribution in [1.82, 2.24) is 14.5 Å². The van der Waals surface area contributed by atoms with Gasteiger partial charge in [-0.05, 0) is 37.8 Å². The van der Waals surface area contributed by atoms with E-state index >= 15 is 0 Å². The van der Waals surface area contributed by atoms with E-state index < -0.39 is 0 Å². The Morgan fingerprint density at radius 3 is 2.39 bits per heavy atom. The fraction of sp³-hybridized carbons (Fsp3) is 0.0588. The van der Waals surface area contributed by atoms with E-state index in [9.17, 15) is 0 Å². The molecule has 0 bridgehead atoms. The number of aromatic nitrogens is 2. The van der Waals surface area contributed by atoms with Crippen LogP contribution >= 0.6 is 0 Å². The number of hydrogen-bond donors (Lipinski definition) is 0. The predicted octanol–water partition coefficient (Wildman–Crippen LogP) is 6.74. The number of nitrogens with zero attached hydrogens (tertiary/aromatic N) is 4. The van der Waals surface area contributed by atoms with Gasteiger partial charge < -0.3 is 42.1 Å². The average molecular weight is 894 g/mol. The van der Waals surface area contributed by atoms with E-state index in [0.717, 1.165) is 16.8 Å². The van der Waals surface area contributed by atoms with Crippen molar-refractivity contribution in [1.29, 1.82) is 0 Å². The van der Waals surface area contributed by atoms with E-state index in [1.54, 1.807) is 29.2 Å². The molecule has 0 radical (unpaired) electrons. The molecule has 6 rings (SSSR count). The zero-order valence-corrected chi connectivity index (χ0v) is 26.7. The molecule has 1 aliphatic rings. The van der Waals surface area contributed by atoms with Gasteiger partial charge in [0.2, 0.25) is 0 Å². The number of ether oxygens (including phenoxy) is 1. The Morgan fingerprint density at radius 1 is 0.902 bits per heavy atom. The first-order chi connectivity index (χ1) is 19.1. The van der Waals surface area contributed by atoms with Gasteiger partial charge in [-0.25, -0.2) is 23.2 Å². The topological polar surface area (TPSA) is 33.5 Å². The van der Waals surface area contributed by atoms with Crippen LogP contribution in [0.25, 0.3) is 22.4 Å². The largest absolute Gasteiger partial charge is 4.00 e. The standard InChI is InChI=1S/C28H19N3O.C6H4N.2Pt/c1-21-9-11-22(12-10-21)23-13-14-29-28(18-23)24-5-3-7-26(17-24)32-27-8-4-6-25(19-27)31-16-15-30(2)20-31;1-2-7-5-3-4-6-7;;/h3-4,6-11,13-16,20H,1-2H3;3-6H;;/q-6;-1;;+4. The van der Waals surface area contributed by atoms with Crippen molar-refractivity contribution in [2.24, 2.45) is 0 Å². The van der Waals surface area contributed by atoms with Crippen molar-refractivity contribution in [3.63, 3.8) is 0 Å². The third kappa shape index (κ3) is 8.58. The maximum atomic E-state index is 6.57. The van der Waals surface area contributed by atoms with Crippen LogP contribution in [0.3, 0.4) is 0 Å². The van der Waals surface area contributed by atoms with E-state index in [-0.39, 0.29) is 42.1 Å². The number of rotatable bonds is 5. The van der Waals surface area contributed by atoms with Crippen molar-refractivity contribution < 1.29 is 46.9 Å². The third-order valence-electron chi connectivity index (χ3n) is 5.66. The Hall–Kier alpha value is -3.83. The second kappa shape index (κ2) is 15.2. The van der Waals surface area contributed by atoms with Gasteiger partial charge in [0.05, 0.1) is 0 Å². The molecule has 0 saturated heterocycles. The SMILES string of the molecule is Cc1c[c-]c(-c2[c-]c(-c3[c-]ccc(Oc4[c-]c(N5C=CN(C)[CH-]5)ccc4)[c-]3)ncc2)cc1.[C-]#Cn1cccc1.[Pt+4].[Pt]. The summed E-state index contributed by atoms with van der Waals surface area (Å²) in [5, 5.41) is 0. The van der Waals surface area contributed by atoms with Gasteiger partial charge in [-0.3, -0.25) is 12.1 Å². The molecule has 41 heavy (non-hydrogen) atoms. The minimum absolute atomic E-state index is 0. The molecule has 0 atom stereocenters. The summed E-state index contributed by atoms with van der Waals surface area (Å²) in [6.07, 6.45) is 15.8. The van der Waals surface area contributed by atoms with Crippen LogP contribution in [0.15, 0.2) is 97.7 Å². The summed E-state index contributed by atoms with van der Waals surface area (Å²) in [4.78, 5) is 8.41. The summed E-state index contributed by atoms with van der Waals surface area (Å²) in [7, 11) is 1.98. The smallest absolute Gasteiger partial charge is 0.669 e. The van der Waals surface area contributed by atoms with Crippen molar-refractivity contribution in [3.8, 4) is 39.9 Å². The van der Waals surface area contributed by atoms with Gasteiger partial charge in [0.15, 0.2) is 0 Å². The van der Waals surface area contributed by atoms with Crippen molar-refractivity contribution in [3.05, 3.63) is 147 Å². The van der Waals surface area contributed by atoms with Crippen LogP contribution in [-0.4, -0.2) is 21.5 Å². The van der Waals surface area contributed by atoms with Gasteiger partial charge in [0.25, 0.3) is 0 Å². The van der Waals surface area contributed by atoms with E-state index in [2.05, 4.69) is 47.4 Å². The first-order valence-electron chi connectivity index (χ1n) is 12.2. The Labute approximate surface area is 271 Å². The minimum Gasteiger partial charge on any atom is -0.669 e. The molecule has 1 aliphatic heterocycles. The molecule has 2 aromatic heterocycles. The Kier molecular flexibility index (Phi) is 11.8. The second-order valence-corrected chi connectivity index (χ2v) is 8.64. The zero-order valence-electron chi connectivity index (χ0n) is 22.1. The molecule has 7 heteroatoms. The molecule has 208 valence electrons. The van der Waals surface area contributed by atoms with Crippen LogP contribution in [0.4, 0.5) is 5.69 Å². The Balaban J connectivity index is 0.000000452. The van der Waals surface area contributed by atoms with Gasteiger partial charge in [-0.1, -0.05) is 12.7 Å². The Morgan fingerprint density at radius 2 is 1.71 bits per heavy atom. The number of pyridine rings is 1. The van der Waals surface area contributed by atoms with Crippen molar-refractivity contribution in [2.75, 3.05) is 11.9 Å². The summed E-state index contributed by atoms with van der Waals surface area (Å²) < 4.78 is 7.58. The first-order valence-corrected chi connectivity index (χ1v) is 12.2. The molecular weight excluding hydrogens is 871 g/mol. The van der Waals surface area contributed by atoms with E-state index in [1.165, 1.54) is 5.56 Å². The molecule has 0 saturated carbocycles. The van der Waals surface area contributed by atoms with Crippen molar-refractivity contribution in [2.45, 2.75) is 6.92 Å². The molecule has 0 amide bonds. The van der Waals surface area contributed by atoms with Crippen LogP contribution < -0.4 is 9.64 Å². The van der Waals surface area contributed by atoms with Gasteiger partial charge in [-0.15, -0.1) is 29.4 Å². The average Bonchev–Trinajstić information content (AvgIpc) is 3.66. The molecule has 0 aliphatic carbocycles. The van der Waals surface area contributed by atoms with E-state index in [4.69, 9.17) is 11.2 Å². The Bertz CT molecular complexity index is 1610. The van der Waals surface area contributed by atoms with Crippen LogP contribution in [0.1, 0.15) is 5.56 Å². The zero-order chi connectivity index (χ0) is 27.0. The molecule has 0 unspecified atom stereocenters. The molecule has 3 aromatic carbocycles. The molecule has 0 spiro atoms. The molecule has 0 fully saturated rings. The number of benzene rings is 3. The minimum atomic E-state index is 0. The normalized spacial score (nSPS) is 11.4. The summed E-state index contributed by atoms with van der Waals surface area (Å²) in [6.45, 7) is 4.01. The third-order valence-corrected chi connectivity index (χ3v) is 5.66. The fourth-order valence-electron chi connectivity index (χ4n) is 3.70. The molecule has 0 N–H and O–H groups in total. The van der Waals surface area contributed by atoms with Gasteiger partial charge >= 0.3 is 21.1 Å². The maximum Gasteiger partial charge on any atom is 4.00 e. The van der Waals surface area contributed by atoms with Gasteiger partial charge in [0.1, 0.15) is 0 Å². The number of anilines is 1. The van der Waals surface area contributed by atoms with Crippen LogP contribution in [0, 0.1) is 56.4 Å². The van der Waals surface area contributed by atoms with E-state index in [1.807, 2.05) is 97.4 Å². The first kappa shape index (κ1) is 31.7. The molecule has 3 heterocycles. The van der Waals surface area contributed by atoms with Crippen LogP contribution in [0.2, 0.25) is 0 Å². The summed E-state index contributed by atoms with van der Waals surface area (Å²) in [6, 6.07) is 39.6. The van der Waals surface area contributed by atoms with Gasteiger partial charge in [0, 0.05) is 39.2 Å². The fourth-order valence-corrected chi connectivity index (χ4v) is 3.70. The second-order valence-electron chi connectivity index (χ2n) is 8.64. The van der Waals surface area contributed by atoms with Crippen LogP contribution in [0.5, 0.6) is 11.5 Å². The summed E-state index contributed by atoms with van der Waals surface area (Å²) >= 11 is 0. The summed E-state index contributed by atoms with van der Waals surface area (Å²) in [5.74, 6) is 1.17. The maximum absolute atomic E-state index is 6.57. The molecule has 5 nitrogen and oxygen atoms in total. The van der Waals surface area contributed by atoms with E-state index in [0.29, 0.717) is 22.8 Å². The molecule has 5 aromatic rings.